The van der Waals surface area contributed by atoms with Gasteiger partial charge in [-0.2, -0.15) is 0 Å². The van der Waals surface area contributed by atoms with Gasteiger partial charge in [-0.25, -0.2) is 4.98 Å². The summed E-state index contributed by atoms with van der Waals surface area (Å²) < 4.78 is 7.50. The van der Waals surface area contributed by atoms with Crippen LogP contribution in [0, 0.1) is 0 Å². The lowest BCUT2D eigenvalue weighted by Crippen LogP contribution is -2.02. The highest BCUT2D eigenvalue weighted by molar-refractivity contribution is 5.62. The molecule has 1 N–H and O–H groups in total. The van der Waals surface area contributed by atoms with Crippen LogP contribution >= 0.6 is 0 Å². The molecule has 1 fully saturated rings. The highest BCUT2D eigenvalue weighted by atomic mass is 16.5. The molecule has 0 radical (unpaired) electrons. The molecular formula is C13H15N3O. The number of ether oxygens (including phenoxy) is 1. The van der Waals surface area contributed by atoms with E-state index in [1.807, 2.05) is 36.7 Å². The maximum atomic E-state index is 5.31. The maximum Gasteiger partial charge on any atom is 0.207 e. The van der Waals surface area contributed by atoms with Gasteiger partial charge in [0.1, 0.15) is 5.75 Å². The van der Waals surface area contributed by atoms with Crippen molar-refractivity contribution in [1.29, 1.82) is 0 Å². The van der Waals surface area contributed by atoms with E-state index in [1.165, 1.54) is 12.8 Å². The van der Waals surface area contributed by atoms with E-state index in [4.69, 9.17) is 4.74 Å². The fourth-order valence-electron chi connectivity index (χ4n) is 1.93. The number of benzene rings is 1. The maximum absolute atomic E-state index is 5.31. The molecule has 4 nitrogen and oxygen atoms in total. The molecule has 1 saturated carbocycles. The number of anilines is 2. The van der Waals surface area contributed by atoms with Gasteiger partial charge in [-0.1, -0.05) is 12.1 Å². The van der Waals surface area contributed by atoms with Gasteiger partial charge in [-0.15, -0.1) is 0 Å². The third-order valence-electron chi connectivity index (χ3n) is 2.96. The Labute approximate surface area is 100 Å². The summed E-state index contributed by atoms with van der Waals surface area (Å²) in [6, 6.07) is 8.49. The minimum atomic E-state index is 0.620. The number of para-hydroxylation sites is 2. The van der Waals surface area contributed by atoms with Gasteiger partial charge in [-0.05, 0) is 25.0 Å². The summed E-state index contributed by atoms with van der Waals surface area (Å²) in [7, 11) is 1.67. The van der Waals surface area contributed by atoms with E-state index in [2.05, 4.69) is 14.9 Å². The molecule has 4 heteroatoms. The second-order valence-electron chi connectivity index (χ2n) is 4.21. The second kappa shape index (κ2) is 4.13. The summed E-state index contributed by atoms with van der Waals surface area (Å²) in [6.45, 7) is 0. The van der Waals surface area contributed by atoms with Crippen LogP contribution in [0.25, 0.3) is 0 Å². The minimum Gasteiger partial charge on any atom is -0.495 e. The zero-order valence-corrected chi connectivity index (χ0v) is 9.76. The van der Waals surface area contributed by atoms with Gasteiger partial charge in [0.25, 0.3) is 0 Å². The van der Waals surface area contributed by atoms with Crippen LogP contribution in [0.5, 0.6) is 5.75 Å². The monoisotopic (exact) mass is 229 g/mol. The average molecular weight is 229 g/mol. The first-order chi connectivity index (χ1) is 8.38. The van der Waals surface area contributed by atoms with E-state index in [1.54, 1.807) is 7.11 Å². The van der Waals surface area contributed by atoms with E-state index in [9.17, 15) is 0 Å². The van der Waals surface area contributed by atoms with Crippen molar-refractivity contribution < 1.29 is 4.74 Å². The standard InChI is InChI=1S/C13H15N3O/c1-17-12-5-3-2-4-11(12)15-13-14-8-9-16(13)10-6-7-10/h2-5,8-10H,6-7H2,1H3,(H,14,15). The van der Waals surface area contributed by atoms with Crippen molar-refractivity contribution in [1.82, 2.24) is 9.55 Å². The predicted octanol–water partition coefficient (Wildman–Crippen LogP) is 2.97. The predicted molar refractivity (Wildman–Crippen MR) is 66.8 cm³/mol. The summed E-state index contributed by atoms with van der Waals surface area (Å²) in [5, 5.41) is 3.32. The minimum absolute atomic E-state index is 0.620. The molecule has 2 aromatic rings. The molecule has 1 aliphatic rings. The smallest absolute Gasteiger partial charge is 0.207 e. The number of nitrogens with one attached hydrogen (secondary N) is 1. The Morgan fingerprint density at radius 2 is 2.18 bits per heavy atom. The summed E-state index contributed by atoms with van der Waals surface area (Å²) in [5.41, 5.74) is 0.947. The lowest BCUT2D eigenvalue weighted by molar-refractivity contribution is 0.416. The summed E-state index contributed by atoms with van der Waals surface area (Å²) >= 11 is 0. The van der Waals surface area contributed by atoms with Crippen LogP contribution in [0.2, 0.25) is 0 Å². The van der Waals surface area contributed by atoms with Gasteiger partial charge in [0.2, 0.25) is 5.95 Å². The van der Waals surface area contributed by atoms with Crippen molar-refractivity contribution in [3.63, 3.8) is 0 Å². The highest BCUT2D eigenvalue weighted by Gasteiger charge is 2.25. The molecule has 1 heterocycles. The molecular weight excluding hydrogens is 214 g/mol. The molecule has 0 aliphatic heterocycles. The Balaban J connectivity index is 1.88. The Bertz CT molecular complexity index is 517. The number of hydrogen-bond donors (Lipinski definition) is 1. The average Bonchev–Trinajstić information content (AvgIpc) is 3.11. The molecule has 0 saturated heterocycles. The topological polar surface area (TPSA) is 39.1 Å². The number of aromatic nitrogens is 2. The van der Waals surface area contributed by atoms with Crippen LogP contribution in [-0.2, 0) is 0 Å². The number of imidazole rings is 1. The Kier molecular flexibility index (Phi) is 2.48. The molecule has 0 atom stereocenters. The highest BCUT2D eigenvalue weighted by Crippen LogP contribution is 2.38. The quantitative estimate of drug-likeness (QED) is 0.876. The number of nitrogens with zero attached hydrogens (tertiary/aromatic N) is 2. The van der Waals surface area contributed by atoms with E-state index < -0.39 is 0 Å². The summed E-state index contributed by atoms with van der Waals surface area (Å²) in [4.78, 5) is 4.34. The van der Waals surface area contributed by atoms with Crippen molar-refractivity contribution in [2.45, 2.75) is 18.9 Å². The third kappa shape index (κ3) is 1.98. The zero-order valence-electron chi connectivity index (χ0n) is 9.76. The molecule has 1 aromatic heterocycles. The molecule has 1 aromatic carbocycles. The summed E-state index contributed by atoms with van der Waals surface area (Å²) in [6.07, 6.45) is 6.35. The van der Waals surface area contributed by atoms with Crippen LogP contribution in [0.15, 0.2) is 36.7 Å². The van der Waals surface area contributed by atoms with E-state index in [0.717, 1.165) is 17.4 Å². The van der Waals surface area contributed by atoms with Crippen molar-refractivity contribution in [2.75, 3.05) is 12.4 Å². The second-order valence-corrected chi connectivity index (χ2v) is 4.21. The first-order valence-electron chi connectivity index (χ1n) is 5.81. The van der Waals surface area contributed by atoms with E-state index in [-0.39, 0.29) is 0 Å². The van der Waals surface area contributed by atoms with Crippen molar-refractivity contribution in [2.24, 2.45) is 0 Å². The Morgan fingerprint density at radius 3 is 2.94 bits per heavy atom. The van der Waals surface area contributed by atoms with Crippen molar-refractivity contribution >= 4 is 11.6 Å². The van der Waals surface area contributed by atoms with Gasteiger partial charge in [0.15, 0.2) is 0 Å². The van der Waals surface area contributed by atoms with Crippen molar-refractivity contribution in [3.05, 3.63) is 36.7 Å². The van der Waals surface area contributed by atoms with Gasteiger partial charge in [0.05, 0.1) is 12.8 Å². The van der Waals surface area contributed by atoms with Gasteiger partial charge >= 0.3 is 0 Å². The largest absolute Gasteiger partial charge is 0.495 e. The van der Waals surface area contributed by atoms with Crippen molar-refractivity contribution in [3.8, 4) is 5.75 Å². The molecule has 0 unspecified atom stereocenters. The Hall–Kier alpha value is -1.97. The molecule has 0 bridgehead atoms. The van der Waals surface area contributed by atoms with Gasteiger partial charge in [0, 0.05) is 18.4 Å². The molecule has 17 heavy (non-hydrogen) atoms. The first kappa shape index (κ1) is 10.2. The zero-order chi connectivity index (χ0) is 11.7. The third-order valence-corrected chi connectivity index (χ3v) is 2.96. The van der Waals surface area contributed by atoms with Gasteiger partial charge < -0.3 is 14.6 Å². The first-order valence-corrected chi connectivity index (χ1v) is 5.81. The number of methoxy groups -OCH3 is 1. The van der Waals surface area contributed by atoms with Crippen LogP contribution in [-0.4, -0.2) is 16.7 Å². The van der Waals surface area contributed by atoms with Crippen LogP contribution in [0.1, 0.15) is 18.9 Å². The van der Waals surface area contributed by atoms with Crippen LogP contribution < -0.4 is 10.1 Å². The fourth-order valence-corrected chi connectivity index (χ4v) is 1.93. The normalized spacial score (nSPS) is 14.6. The van der Waals surface area contributed by atoms with Crippen LogP contribution in [0.4, 0.5) is 11.6 Å². The lowest BCUT2D eigenvalue weighted by Gasteiger charge is -2.11. The Morgan fingerprint density at radius 1 is 1.35 bits per heavy atom. The molecule has 3 rings (SSSR count). The molecule has 0 amide bonds. The number of hydrogen-bond acceptors (Lipinski definition) is 3. The molecule has 0 spiro atoms. The van der Waals surface area contributed by atoms with Crippen LogP contribution in [0.3, 0.4) is 0 Å². The fraction of sp³-hybridized carbons (Fsp3) is 0.308. The summed E-state index contributed by atoms with van der Waals surface area (Å²) in [5.74, 6) is 1.72. The SMILES string of the molecule is COc1ccccc1Nc1nccn1C1CC1. The van der Waals surface area contributed by atoms with E-state index >= 15 is 0 Å². The van der Waals surface area contributed by atoms with E-state index in [0.29, 0.717) is 6.04 Å². The lowest BCUT2D eigenvalue weighted by atomic mass is 10.3. The molecule has 88 valence electrons. The number of rotatable bonds is 4. The van der Waals surface area contributed by atoms with Gasteiger partial charge in [-0.3, -0.25) is 0 Å². The molecule has 1 aliphatic carbocycles.